The molecule has 2 aromatic rings. The highest BCUT2D eigenvalue weighted by molar-refractivity contribution is 14.0. The second-order valence-electron chi connectivity index (χ2n) is 8.06. The topological polar surface area (TPSA) is 60.0 Å². The molecule has 0 aliphatic carbocycles. The molecule has 1 aliphatic rings. The smallest absolute Gasteiger partial charge is 0.243 e. The Morgan fingerprint density at radius 2 is 2.00 bits per heavy atom. The maximum Gasteiger partial charge on any atom is 0.243 e. The maximum absolute atomic E-state index is 12.0. The van der Waals surface area contributed by atoms with Gasteiger partial charge >= 0.3 is 0 Å². The van der Waals surface area contributed by atoms with Crippen molar-refractivity contribution in [2.24, 2.45) is 4.99 Å². The van der Waals surface area contributed by atoms with E-state index in [1.165, 1.54) is 10.4 Å². The van der Waals surface area contributed by atoms with Gasteiger partial charge in [-0.1, -0.05) is 36.4 Å². The molecule has 31 heavy (non-hydrogen) atoms. The average molecular weight is 556 g/mol. The van der Waals surface area contributed by atoms with Crippen molar-refractivity contribution < 1.29 is 4.79 Å². The molecule has 8 heteroatoms. The van der Waals surface area contributed by atoms with E-state index in [0.717, 1.165) is 25.9 Å². The van der Waals surface area contributed by atoms with Crippen LogP contribution in [-0.4, -0.2) is 60.9 Å². The van der Waals surface area contributed by atoms with E-state index in [1.54, 1.807) is 30.3 Å². The minimum atomic E-state index is -0.00160. The number of halogens is 1. The van der Waals surface area contributed by atoms with Gasteiger partial charge in [-0.15, -0.1) is 35.3 Å². The summed E-state index contributed by atoms with van der Waals surface area (Å²) in [6.07, 6.45) is 2.10. The Balaban J connectivity index is 0.00000341. The summed E-state index contributed by atoms with van der Waals surface area (Å²) >= 11 is 1.71. The number of hydrogen-bond acceptors (Lipinski definition) is 4. The van der Waals surface area contributed by atoms with E-state index < -0.39 is 0 Å². The molecule has 6 nitrogen and oxygen atoms in total. The summed E-state index contributed by atoms with van der Waals surface area (Å²) in [5.74, 6) is 0.714. The van der Waals surface area contributed by atoms with Gasteiger partial charge in [0.1, 0.15) is 6.54 Å². The number of carbonyl (C=O) groups excluding carboxylic acids is 1. The molecule has 0 radical (unpaired) electrons. The van der Waals surface area contributed by atoms with Gasteiger partial charge in [-0.2, -0.15) is 0 Å². The molecular formula is C23H34IN5OS. The maximum atomic E-state index is 12.0. The van der Waals surface area contributed by atoms with Gasteiger partial charge < -0.3 is 15.5 Å². The number of nitrogens with one attached hydrogen (secondary N) is 2. The molecule has 1 saturated heterocycles. The third kappa shape index (κ3) is 8.42. The molecule has 1 fully saturated rings. The van der Waals surface area contributed by atoms with Crippen LogP contribution in [0.5, 0.6) is 0 Å². The number of guanidine groups is 1. The lowest BCUT2D eigenvalue weighted by atomic mass is 9.97. The van der Waals surface area contributed by atoms with E-state index >= 15 is 0 Å². The molecule has 1 aromatic carbocycles. The van der Waals surface area contributed by atoms with Crippen LogP contribution in [-0.2, 0) is 17.9 Å². The van der Waals surface area contributed by atoms with Gasteiger partial charge in [0.2, 0.25) is 5.91 Å². The van der Waals surface area contributed by atoms with Crippen molar-refractivity contribution >= 4 is 47.2 Å². The van der Waals surface area contributed by atoms with Crippen LogP contribution in [0, 0.1) is 0 Å². The zero-order valence-corrected chi connectivity index (χ0v) is 21.7. The Bertz CT molecular complexity index is 813. The van der Waals surface area contributed by atoms with Gasteiger partial charge in [0.25, 0.3) is 0 Å². The molecule has 2 unspecified atom stereocenters. The van der Waals surface area contributed by atoms with Gasteiger partial charge in [0, 0.05) is 44.1 Å². The summed E-state index contributed by atoms with van der Waals surface area (Å²) < 4.78 is 0. The largest absolute Gasteiger partial charge is 0.354 e. The number of hydrogen-bond donors (Lipinski definition) is 2. The Labute approximate surface area is 207 Å². The van der Waals surface area contributed by atoms with E-state index in [1.807, 2.05) is 6.07 Å². The monoisotopic (exact) mass is 555 g/mol. The Morgan fingerprint density at radius 3 is 2.65 bits per heavy atom. The van der Waals surface area contributed by atoms with E-state index in [2.05, 4.69) is 69.2 Å². The molecule has 170 valence electrons. The molecule has 1 aromatic heterocycles. The van der Waals surface area contributed by atoms with Gasteiger partial charge in [-0.05, 0) is 36.8 Å². The number of amides is 1. The van der Waals surface area contributed by atoms with Crippen LogP contribution >= 0.6 is 35.3 Å². The molecule has 3 rings (SSSR count). The number of aliphatic imine (C=N–C) groups is 1. The minimum Gasteiger partial charge on any atom is -0.354 e. The third-order valence-corrected chi connectivity index (χ3v) is 6.34. The van der Waals surface area contributed by atoms with Gasteiger partial charge in [0.15, 0.2) is 5.96 Å². The summed E-state index contributed by atoms with van der Waals surface area (Å²) in [6, 6.07) is 15.6. The number of likely N-dealkylation sites (tertiary alicyclic amines) is 1. The van der Waals surface area contributed by atoms with Crippen LogP contribution in [0.15, 0.2) is 52.8 Å². The van der Waals surface area contributed by atoms with Crippen LogP contribution in [0.4, 0.5) is 0 Å². The van der Waals surface area contributed by atoms with Gasteiger partial charge in [-0.3, -0.25) is 9.69 Å². The van der Waals surface area contributed by atoms with E-state index in [0.29, 0.717) is 24.6 Å². The Morgan fingerprint density at radius 1 is 1.23 bits per heavy atom. The fraction of sp³-hybridized carbons (Fsp3) is 0.478. The Kier molecular flexibility index (Phi) is 10.8. The second-order valence-corrected chi connectivity index (χ2v) is 9.09. The standard InChI is InChI=1S/C23H33N5OS.HI/c1-18-14-20(11-12-28(18)17-19-8-5-4-6-9-19)26-23(25-16-22(29)27(2)3)24-15-21-10-7-13-30-21;/h4-10,13,18,20H,11-12,14-17H2,1-3H3,(H2,24,25,26);1H. The first-order valence-electron chi connectivity index (χ1n) is 10.6. The van der Waals surface area contributed by atoms with E-state index in [4.69, 9.17) is 0 Å². The van der Waals surface area contributed by atoms with Crippen molar-refractivity contribution in [1.82, 2.24) is 20.4 Å². The number of benzene rings is 1. The molecule has 1 amide bonds. The molecule has 0 spiro atoms. The molecular weight excluding hydrogens is 521 g/mol. The minimum absolute atomic E-state index is 0. The molecule has 2 N–H and O–H groups in total. The van der Waals surface area contributed by atoms with Crippen LogP contribution in [0.3, 0.4) is 0 Å². The van der Waals surface area contributed by atoms with Crippen molar-refractivity contribution in [3.63, 3.8) is 0 Å². The fourth-order valence-electron chi connectivity index (χ4n) is 3.62. The highest BCUT2D eigenvalue weighted by Crippen LogP contribution is 2.20. The number of carbonyl (C=O) groups is 1. The number of thiophene rings is 1. The van der Waals surface area contributed by atoms with Crippen molar-refractivity contribution in [2.45, 2.75) is 44.9 Å². The highest BCUT2D eigenvalue weighted by atomic mass is 127. The SMILES string of the molecule is CC1CC(NC(=NCC(=O)N(C)C)NCc2cccs2)CCN1Cc1ccccc1.I. The lowest BCUT2D eigenvalue weighted by Gasteiger charge is -2.38. The zero-order chi connectivity index (χ0) is 21.3. The lowest BCUT2D eigenvalue weighted by Crippen LogP contribution is -2.51. The summed E-state index contributed by atoms with van der Waals surface area (Å²) in [7, 11) is 3.52. The number of nitrogens with zero attached hydrogens (tertiary/aromatic N) is 3. The Hall–Kier alpha value is -1.65. The fourth-order valence-corrected chi connectivity index (χ4v) is 4.27. The van der Waals surface area contributed by atoms with Crippen molar-refractivity contribution in [3.8, 4) is 0 Å². The first kappa shape index (κ1) is 25.6. The molecule has 0 bridgehead atoms. The lowest BCUT2D eigenvalue weighted by molar-refractivity contribution is -0.127. The first-order valence-corrected chi connectivity index (χ1v) is 11.4. The molecule has 0 saturated carbocycles. The second kappa shape index (κ2) is 13.0. The predicted molar refractivity (Wildman–Crippen MR) is 140 cm³/mol. The summed E-state index contributed by atoms with van der Waals surface area (Å²) in [4.78, 5) is 21.9. The summed E-state index contributed by atoms with van der Waals surface area (Å²) in [5, 5.41) is 9.04. The van der Waals surface area contributed by atoms with Gasteiger partial charge in [-0.25, -0.2) is 4.99 Å². The summed E-state index contributed by atoms with van der Waals surface area (Å²) in [6.45, 7) is 5.19. The van der Waals surface area contributed by atoms with Crippen molar-refractivity contribution in [2.75, 3.05) is 27.2 Å². The third-order valence-electron chi connectivity index (χ3n) is 5.46. The van der Waals surface area contributed by atoms with E-state index in [-0.39, 0.29) is 36.4 Å². The number of rotatable bonds is 7. The van der Waals surface area contributed by atoms with Crippen molar-refractivity contribution in [1.29, 1.82) is 0 Å². The highest BCUT2D eigenvalue weighted by Gasteiger charge is 2.26. The van der Waals surface area contributed by atoms with Crippen LogP contribution < -0.4 is 10.6 Å². The normalized spacial score (nSPS) is 19.4. The van der Waals surface area contributed by atoms with Gasteiger partial charge in [0.05, 0.1) is 6.54 Å². The molecule has 2 heterocycles. The predicted octanol–water partition coefficient (Wildman–Crippen LogP) is 3.54. The number of likely N-dealkylation sites (N-methyl/N-ethyl adjacent to an activating group) is 1. The zero-order valence-electron chi connectivity index (χ0n) is 18.6. The van der Waals surface area contributed by atoms with Crippen LogP contribution in [0.1, 0.15) is 30.2 Å². The molecule has 2 atom stereocenters. The van der Waals surface area contributed by atoms with Crippen molar-refractivity contribution in [3.05, 3.63) is 58.3 Å². The average Bonchev–Trinajstić information content (AvgIpc) is 3.26. The first-order chi connectivity index (χ1) is 14.5. The van der Waals surface area contributed by atoms with Crippen LogP contribution in [0.25, 0.3) is 0 Å². The van der Waals surface area contributed by atoms with E-state index in [9.17, 15) is 4.79 Å². The number of piperidine rings is 1. The van der Waals surface area contributed by atoms with Crippen LogP contribution in [0.2, 0.25) is 0 Å². The molecule has 1 aliphatic heterocycles. The summed E-state index contributed by atoms with van der Waals surface area (Å²) in [5.41, 5.74) is 1.36. The quantitative estimate of drug-likeness (QED) is 0.312.